The molecule has 0 aliphatic rings. The van der Waals surface area contributed by atoms with Crippen molar-refractivity contribution in [1.29, 1.82) is 0 Å². The first-order valence-electron chi connectivity index (χ1n) is 3.80. The zero-order valence-electron chi connectivity index (χ0n) is 6.87. The minimum absolute atomic E-state index is 0.157. The minimum Gasteiger partial charge on any atom is -0.229 e. The van der Waals surface area contributed by atoms with Crippen LogP contribution in [0.4, 0.5) is 8.78 Å². The molecule has 0 aliphatic heterocycles. The smallest absolute Gasteiger partial charge is 0.181 e. The summed E-state index contributed by atoms with van der Waals surface area (Å²) < 4.78 is 24.1. The summed E-state index contributed by atoms with van der Waals surface area (Å²) in [5.41, 5.74) is 0.720. The van der Waals surface area contributed by atoms with Gasteiger partial charge in [-0.2, -0.15) is 0 Å². The summed E-state index contributed by atoms with van der Waals surface area (Å²) >= 11 is 0. The topological polar surface area (TPSA) is 0 Å². The second kappa shape index (κ2) is 5.10. The number of halogens is 2. The Bertz CT molecular complexity index is 330. The molecular weight excluding hydrogens is 170 g/mol. The molecule has 0 radical (unpaired) electrons. The number of allylic oxidation sites excluding steroid dienone is 1. The molecule has 0 aliphatic carbocycles. The molecule has 0 bridgehead atoms. The Hall–Kier alpha value is -1.62. The second-order valence-electron chi connectivity index (χ2n) is 2.36. The fraction of sp³-hybridized carbons (Fsp3) is 0.0909. The van der Waals surface area contributed by atoms with Crippen molar-refractivity contribution in [1.82, 2.24) is 0 Å². The van der Waals surface area contributed by atoms with Gasteiger partial charge in [0.25, 0.3) is 0 Å². The highest BCUT2D eigenvalue weighted by molar-refractivity contribution is 5.35. The summed E-state index contributed by atoms with van der Waals surface area (Å²) in [5.74, 6) is 4.84. The van der Waals surface area contributed by atoms with Crippen LogP contribution in [0, 0.1) is 11.8 Å². The molecule has 0 N–H and O–H groups in total. The van der Waals surface area contributed by atoms with Crippen molar-refractivity contribution in [2.45, 2.75) is 6.17 Å². The highest BCUT2D eigenvalue weighted by Crippen LogP contribution is 1.97. The van der Waals surface area contributed by atoms with Gasteiger partial charge in [-0.05, 0) is 18.2 Å². The fourth-order valence-electron chi connectivity index (χ4n) is 0.786. The van der Waals surface area contributed by atoms with Crippen molar-refractivity contribution in [3.8, 4) is 11.8 Å². The molecule has 0 aromatic heterocycles. The predicted octanol–water partition coefficient (Wildman–Crippen LogP) is 2.86. The lowest BCUT2D eigenvalue weighted by molar-refractivity contribution is 0.476. The SMILES string of the molecule is FC=CC(F)C#Cc1ccccc1. The predicted molar refractivity (Wildman–Crippen MR) is 48.5 cm³/mol. The van der Waals surface area contributed by atoms with E-state index in [4.69, 9.17) is 0 Å². The Morgan fingerprint density at radius 2 is 1.92 bits per heavy atom. The monoisotopic (exact) mass is 178 g/mol. The molecule has 0 nitrogen and oxygen atoms in total. The van der Waals surface area contributed by atoms with E-state index in [1.165, 1.54) is 0 Å². The molecule has 0 amide bonds. The van der Waals surface area contributed by atoms with Crippen LogP contribution in [0.1, 0.15) is 5.56 Å². The van der Waals surface area contributed by atoms with Crippen LogP contribution in [0.25, 0.3) is 0 Å². The molecular formula is C11H8F2. The van der Waals surface area contributed by atoms with Gasteiger partial charge in [0.05, 0.1) is 6.33 Å². The zero-order chi connectivity index (χ0) is 9.52. The third-order valence-corrected chi connectivity index (χ3v) is 1.37. The normalized spacial score (nSPS) is 12.2. The Morgan fingerprint density at radius 3 is 2.54 bits per heavy atom. The van der Waals surface area contributed by atoms with Crippen molar-refractivity contribution < 1.29 is 8.78 Å². The maximum absolute atomic E-state index is 12.6. The first-order valence-corrected chi connectivity index (χ1v) is 3.80. The summed E-state index contributed by atoms with van der Waals surface area (Å²) in [6, 6.07) is 8.99. The van der Waals surface area contributed by atoms with Crippen molar-refractivity contribution in [3.05, 3.63) is 48.3 Å². The average Bonchev–Trinajstić information content (AvgIpc) is 2.17. The van der Waals surface area contributed by atoms with Crippen molar-refractivity contribution in [2.24, 2.45) is 0 Å². The molecule has 0 spiro atoms. The van der Waals surface area contributed by atoms with Gasteiger partial charge in [-0.3, -0.25) is 0 Å². The van der Waals surface area contributed by atoms with Crippen LogP contribution in [0.15, 0.2) is 42.7 Å². The summed E-state index contributed by atoms with van der Waals surface area (Å²) in [4.78, 5) is 0. The zero-order valence-corrected chi connectivity index (χ0v) is 6.87. The van der Waals surface area contributed by atoms with E-state index in [9.17, 15) is 8.78 Å². The first kappa shape index (κ1) is 9.47. The van der Waals surface area contributed by atoms with Gasteiger partial charge >= 0.3 is 0 Å². The van der Waals surface area contributed by atoms with Crippen LogP contribution in [0.3, 0.4) is 0 Å². The average molecular weight is 178 g/mol. The Kier molecular flexibility index (Phi) is 3.72. The van der Waals surface area contributed by atoms with E-state index < -0.39 is 6.17 Å². The Balaban J connectivity index is 2.67. The standard InChI is InChI=1S/C11H8F2/c12-9-8-11(13)7-6-10-4-2-1-3-5-10/h1-5,8-9,11H. The van der Waals surface area contributed by atoms with E-state index in [1.807, 2.05) is 18.2 Å². The largest absolute Gasteiger partial charge is 0.229 e. The van der Waals surface area contributed by atoms with E-state index in [2.05, 4.69) is 11.8 Å². The van der Waals surface area contributed by atoms with Crippen LogP contribution in [0.2, 0.25) is 0 Å². The molecule has 1 aromatic carbocycles. The molecule has 2 heteroatoms. The van der Waals surface area contributed by atoms with Gasteiger partial charge in [-0.15, -0.1) is 0 Å². The number of hydrogen-bond acceptors (Lipinski definition) is 0. The summed E-state index contributed by atoms with van der Waals surface area (Å²) in [6.45, 7) is 0. The summed E-state index contributed by atoms with van der Waals surface area (Å²) in [7, 11) is 0. The lowest BCUT2D eigenvalue weighted by Gasteiger charge is -1.88. The Morgan fingerprint density at radius 1 is 1.23 bits per heavy atom. The summed E-state index contributed by atoms with van der Waals surface area (Å²) in [6.07, 6.45) is -0.620. The first-order chi connectivity index (χ1) is 6.33. The third kappa shape index (κ3) is 3.53. The highest BCUT2D eigenvalue weighted by atomic mass is 19.1. The molecule has 0 fully saturated rings. The molecule has 1 aromatic rings. The molecule has 1 unspecified atom stereocenters. The number of alkyl halides is 1. The van der Waals surface area contributed by atoms with Crippen LogP contribution >= 0.6 is 0 Å². The molecule has 0 saturated carbocycles. The molecule has 0 heterocycles. The lowest BCUT2D eigenvalue weighted by atomic mass is 10.2. The van der Waals surface area contributed by atoms with Crippen molar-refractivity contribution >= 4 is 0 Å². The van der Waals surface area contributed by atoms with Gasteiger partial charge in [0.2, 0.25) is 0 Å². The Labute approximate surface area is 75.9 Å². The maximum Gasteiger partial charge on any atom is 0.181 e. The number of rotatable bonds is 1. The van der Waals surface area contributed by atoms with Gasteiger partial charge in [-0.1, -0.05) is 30.0 Å². The van der Waals surface area contributed by atoms with Crippen LogP contribution in [-0.4, -0.2) is 6.17 Å². The van der Waals surface area contributed by atoms with Crippen molar-refractivity contribution in [2.75, 3.05) is 0 Å². The van der Waals surface area contributed by atoms with Crippen LogP contribution in [0.5, 0.6) is 0 Å². The van der Waals surface area contributed by atoms with E-state index in [0.29, 0.717) is 0 Å². The highest BCUT2D eigenvalue weighted by Gasteiger charge is 1.92. The number of hydrogen-bond donors (Lipinski definition) is 0. The third-order valence-electron chi connectivity index (χ3n) is 1.37. The quantitative estimate of drug-likeness (QED) is 0.580. The van der Waals surface area contributed by atoms with Crippen LogP contribution < -0.4 is 0 Å². The molecule has 13 heavy (non-hydrogen) atoms. The van der Waals surface area contributed by atoms with E-state index in [-0.39, 0.29) is 6.33 Å². The fourth-order valence-corrected chi connectivity index (χ4v) is 0.786. The van der Waals surface area contributed by atoms with Gasteiger partial charge < -0.3 is 0 Å². The minimum atomic E-state index is -1.54. The van der Waals surface area contributed by atoms with Gasteiger partial charge in [0.1, 0.15) is 0 Å². The number of benzene rings is 1. The molecule has 1 atom stereocenters. The molecule has 1 rings (SSSR count). The van der Waals surface area contributed by atoms with Gasteiger partial charge in [0, 0.05) is 5.56 Å². The lowest BCUT2D eigenvalue weighted by Crippen LogP contribution is -1.87. The maximum atomic E-state index is 12.6. The molecule has 66 valence electrons. The van der Waals surface area contributed by atoms with E-state index in [1.54, 1.807) is 12.1 Å². The van der Waals surface area contributed by atoms with Gasteiger partial charge in [0.15, 0.2) is 6.17 Å². The molecule has 0 saturated heterocycles. The summed E-state index contributed by atoms with van der Waals surface area (Å²) in [5, 5.41) is 0. The second-order valence-corrected chi connectivity index (χ2v) is 2.36. The van der Waals surface area contributed by atoms with E-state index >= 15 is 0 Å². The van der Waals surface area contributed by atoms with E-state index in [0.717, 1.165) is 11.6 Å². The van der Waals surface area contributed by atoms with Crippen LogP contribution in [-0.2, 0) is 0 Å². The van der Waals surface area contributed by atoms with Crippen molar-refractivity contribution in [3.63, 3.8) is 0 Å². The van der Waals surface area contributed by atoms with Gasteiger partial charge in [-0.25, -0.2) is 8.78 Å².